The Labute approximate surface area is 217 Å². The van der Waals surface area contributed by atoms with E-state index < -0.39 is 5.97 Å². The van der Waals surface area contributed by atoms with Crippen LogP contribution in [-0.2, 0) is 35.3 Å². The Hall–Kier alpha value is -3.31. The van der Waals surface area contributed by atoms with E-state index in [9.17, 15) is 14.7 Å². The first kappa shape index (κ1) is 25.8. The molecule has 1 amide bonds. The van der Waals surface area contributed by atoms with Gasteiger partial charge in [-0.15, -0.1) is 0 Å². The van der Waals surface area contributed by atoms with Crippen LogP contribution >= 0.6 is 11.6 Å². The van der Waals surface area contributed by atoms with Crippen LogP contribution in [0.4, 0.5) is 0 Å². The van der Waals surface area contributed by atoms with Gasteiger partial charge in [-0.25, -0.2) is 0 Å². The maximum atomic E-state index is 12.9. The average molecular weight is 506 g/mol. The lowest BCUT2D eigenvalue weighted by atomic mass is 9.91. The van der Waals surface area contributed by atoms with E-state index in [4.69, 9.17) is 16.3 Å². The fourth-order valence-corrected chi connectivity index (χ4v) is 4.97. The maximum absolute atomic E-state index is 12.9. The van der Waals surface area contributed by atoms with Crippen molar-refractivity contribution >= 4 is 23.5 Å². The van der Waals surface area contributed by atoms with Crippen LogP contribution in [-0.4, -0.2) is 40.6 Å². The fraction of sp³-hybridized carbons (Fsp3) is 0.333. The Morgan fingerprint density at radius 1 is 0.972 bits per heavy atom. The zero-order chi connectivity index (χ0) is 25.5. The van der Waals surface area contributed by atoms with Gasteiger partial charge < -0.3 is 14.7 Å². The fourth-order valence-electron chi connectivity index (χ4n) is 4.85. The van der Waals surface area contributed by atoms with E-state index in [0.717, 1.165) is 47.6 Å². The summed E-state index contributed by atoms with van der Waals surface area (Å²) in [6, 6.07) is 24.0. The number of carboxylic acids is 1. The van der Waals surface area contributed by atoms with Gasteiger partial charge in [-0.1, -0.05) is 66.2 Å². The van der Waals surface area contributed by atoms with Crippen LogP contribution in [0, 0.1) is 0 Å². The van der Waals surface area contributed by atoms with Gasteiger partial charge >= 0.3 is 5.97 Å². The molecule has 36 heavy (non-hydrogen) atoms. The number of hydrogen-bond donors (Lipinski definition) is 1. The Balaban J connectivity index is 1.32. The number of ether oxygens (including phenoxy) is 1. The lowest BCUT2D eigenvalue weighted by Gasteiger charge is -2.24. The average Bonchev–Trinajstić information content (AvgIpc) is 3.18. The molecule has 1 unspecified atom stereocenters. The van der Waals surface area contributed by atoms with Gasteiger partial charge in [0.2, 0.25) is 5.91 Å². The van der Waals surface area contributed by atoms with Crippen molar-refractivity contribution in [2.24, 2.45) is 0 Å². The molecule has 0 aromatic heterocycles. The van der Waals surface area contributed by atoms with E-state index in [1.165, 1.54) is 16.0 Å². The first-order chi connectivity index (χ1) is 17.3. The first-order valence-corrected chi connectivity index (χ1v) is 12.8. The summed E-state index contributed by atoms with van der Waals surface area (Å²) in [6.45, 7) is 2.28. The Morgan fingerprint density at radius 3 is 2.42 bits per heavy atom. The number of hydrogen-bond acceptors (Lipinski definition) is 3. The Bertz CT molecular complexity index is 1200. The molecule has 6 heteroatoms. The molecule has 1 heterocycles. The smallest absolute Gasteiger partial charge is 0.323 e. The highest BCUT2D eigenvalue weighted by atomic mass is 35.5. The van der Waals surface area contributed by atoms with Crippen LogP contribution in [0.1, 0.15) is 42.0 Å². The third kappa shape index (κ3) is 7.11. The number of carboxylic acid groups (broad SMARTS) is 1. The highest BCUT2D eigenvalue weighted by molar-refractivity contribution is 6.30. The van der Waals surface area contributed by atoms with Crippen molar-refractivity contribution in [3.63, 3.8) is 0 Å². The van der Waals surface area contributed by atoms with Crippen molar-refractivity contribution in [2.45, 2.75) is 51.0 Å². The Kier molecular flexibility index (Phi) is 8.32. The molecule has 0 fully saturated rings. The molecule has 0 aliphatic carbocycles. The predicted molar refractivity (Wildman–Crippen MR) is 142 cm³/mol. The van der Waals surface area contributed by atoms with Crippen molar-refractivity contribution in [3.05, 3.63) is 100 Å². The van der Waals surface area contributed by atoms with Crippen LogP contribution < -0.4 is 4.74 Å². The molecule has 0 bridgehead atoms. The molecule has 1 atom stereocenters. The van der Waals surface area contributed by atoms with Crippen molar-refractivity contribution in [1.82, 2.24) is 4.90 Å². The molecular formula is C30H32ClNO4. The van der Waals surface area contributed by atoms with Crippen LogP contribution in [0.5, 0.6) is 5.75 Å². The summed E-state index contributed by atoms with van der Waals surface area (Å²) in [6.07, 6.45) is 3.95. The molecule has 0 spiro atoms. The third-order valence-electron chi connectivity index (χ3n) is 6.58. The number of fused-ring (bicyclic) bond motifs is 1. The number of halogens is 1. The molecule has 1 aliphatic heterocycles. The molecule has 1 aliphatic rings. The standard InChI is InChI=1S/C30H32ClNO4/c1-30(19-24-9-13-26(31)14-10-24)20-25-18-23(11-15-27(25)36-30)12-16-28(33)32(21-29(34)35)17-5-8-22-6-3-2-4-7-22/h2-4,6-7,9-11,13-15,18H,5,8,12,16-17,19-21H2,1H3,(H,34,35). The number of aryl methyl sites for hydroxylation is 2. The number of carbonyl (C=O) groups excluding carboxylic acids is 1. The topological polar surface area (TPSA) is 66.8 Å². The lowest BCUT2D eigenvalue weighted by Crippen LogP contribution is -2.36. The zero-order valence-corrected chi connectivity index (χ0v) is 21.3. The molecule has 4 rings (SSSR count). The zero-order valence-electron chi connectivity index (χ0n) is 20.6. The van der Waals surface area contributed by atoms with E-state index in [2.05, 4.69) is 13.0 Å². The normalized spacial score (nSPS) is 16.3. The number of aliphatic carboxylic acids is 1. The molecule has 3 aromatic rings. The minimum Gasteiger partial charge on any atom is -0.487 e. The van der Waals surface area contributed by atoms with Crippen LogP contribution in [0.25, 0.3) is 0 Å². The van der Waals surface area contributed by atoms with Gasteiger partial charge in [-0.2, -0.15) is 0 Å². The van der Waals surface area contributed by atoms with E-state index in [1.807, 2.05) is 66.7 Å². The summed E-state index contributed by atoms with van der Waals surface area (Å²) in [4.78, 5) is 25.7. The molecule has 0 saturated carbocycles. The maximum Gasteiger partial charge on any atom is 0.323 e. The lowest BCUT2D eigenvalue weighted by molar-refractivity contribution is -0.144. The first-order valence-electron chi connectivity index (χ1n) is 12.4. The number of amides is 1. The molecule has 5 nitrogen and oxygen atoms in total. The summed E-state index contributed by atoms with van der Waals surface area (Å²) in [7, 11) is 0. The van der Waals surface area contributed by atoms with Crippen molar-refractivity contribution < 1.29 is 19.4 Å². The minimum absolute atomic E-state index is 0.130. The molecule has 0 radical (unpaired) electrons. The monoisotopic (exact) mass is 505 g/mol. The molecule has 3 aromatic carbocycles. The summed E-state index contributed by atoms with van der Waals surface area (Å²) >= 11 is 6.01. The molecule has 0 saturated heterocycles. The summed E-state index contributed by atoms with van der Waals surface area (Å²) in [5.41, 5.74) is 4.22. The van der Waals surface area contributed by atoms with E-state index in [1.54, 1.807) is 0 Å². The van der Waals surface area contributed by atoms with Gasteiger partial charge in [0, 0.05) is 30.8 Å². The molecular weight excluding hydrogens is 474 g/mol. The van der Waals surface area contributed by atoms with Crippen molar-refractivity contribution in [2.75, 3.05) is 13.1 Å². The van der Waals surface area contributed by atoms with E-state index in [0.29, 0.717) is 13.0 Å². The Morgan fingerprint density at radius 2 is 1.69 bits per heavy atom. The highest BCUT2D eigenvalue weighted by Gasteiger charge is 2.35. The predicted octanol–water partition coefficient (Wildman–Crippen LogP) is 5.75. The van der Waals surface area contributed by atoms with Gasteiger partial charge in [0.1, 0.15) is 17.9 Å². The van der Waals surface area contributed by atoms with E-state index in [-0.39, 0.29) is 24.5 Å². The molecule has 188 valence electrons. The summed E-state index contributed by atoms with van der Waals surface area (Å²) < 4.78 is 6.30. The van der Waals surface area contributed by atoms with E-state index >= 15 is 0 Å². The van der Waals surface area contributed by atoms with Gasteiger partial charge in [0.05, 0.1) is 0 Å². The number of nitrogens with zero attached hydrogens (tertiary/aromatic N) is 1. The summed E-state index contributed by atoms with van der Waals surface area (Å²) in [5.74, 6) is -0.234. The number of rotatable bonds is 11. The van der Waals surface area contributed by atoms with Gasteiger partial charge in [-0.05, 0) is 66.6 Å². The van der Waals surface area contributed by atoms with Crippen LogP contribution in [0.3, 0.4) is 0 Å². The van der Waals surface area contributed by atoms with Crippen molar-refractivity contribution in [3.8, 4) is 5.75 Å². The van der Waals surface area contributed by atoms with Gasteiger partial charge in [-0.3, -0.25) is 9.59 Å². The SMILES string of the molecule is CC1(Cc2ccc(Cl)cc2)Cc2cc(CCC(=O)N(CCCc3ccccc3)CC(=O)O)ccc2O1. The largest absolute Gasteiger partial charge is 0.487 e. The van der Waals surface area contributed by atoms with Crippen LogP contribution in [0.2, 0.25) is 5.02 Å². The van der Waals surface area contributed by atoms with Crippen LogP contribution in [0.15, 0.2) is 72.8 Å². The van der Waals surface area contributed by atoms with Gasteiger partial charge in [0.25, 0.3) is 0 Å². The summed E-state index contributed by atoms with van der Waals surface area (Å²) in [5, 5.41) is 10.0. The third-order valence-corrected chi connectivity index (χ3v) is 6.83. The second-order valence-electron chi connectivity index (χ2n) is 9.77. The highest BCUT2D eigenvalue weighted by Crippen LogP contribution is 2.37. The van der Waals surface area contributed by atoms with Gasteiger partial charge in [0.15, 0.2) is 0 Å². The second-order valence-corrected chi connectivity index (χ2v) is 10.2. The minimum atomic E-state index is -0.988. The molecule has 1 N–H and O–H groups in total. The quantitative estimate of drug-likeness (QED) is 0.360. The number of benzene rings is 3. The second kappa shape index (κ2) is 11.6. The van der Waals surface area contributed by atoms with Crippen molar-refractivity contribution in [1.29, 1.82) is 0 Å². The number of carbonyl (C=O) groups is 2.